The van der Waals surface area contributed by atoms with Gasteiger partial charge in [0.05, 0.1) is 18.2 Å². The van der Waals surface area contributed by atoms with Gasteiger partial charge in [0, 0.05) is 24.8 Å². The Morgan fingerprint density at radius 1 is 1.19 bits per heavy atom. The molecular formula is C19H20FN5O2. The van der Waals surface area contributed by atoms with E-state index in [0.29, 0.717) is 24.5 Å². The molecule has 0 N–H and O–H groups in total. The quantitative estimate of drug-likeness (QED) is 0.707. The number of carbonyl (C=O) groups excluding carboxylic acids is 1. The highest BCUT2D eigenvalue weighted by atomic mass is 19.1. The number of benzene rings is 1. The first kappa shape index (κ1) is 17.4. The predicted molar refractivity (Wildman–Crippen MR) is 95.2 cm³/mol. The summed E-state index contributed by atoms with van der Waals surface area (Å²) in [6.45, 7) is 3.14. The van der Waals surface area contributed by atoms with Crippen molar-refractivity contribution in [3.8, 4) is 11.3 Å². The van der Waals surface area contributed by atoms with Crippen molar-refractivity contribution in [2.45, 2.75) is 32.2 Å². The molecule has 1 aliphatic rings. The number of likely N-dealkylation sites (tertiary alicyclic amines) is 1. The highest BCUT2D eigenvalue weighted by Gasteiger charge is 2.25. The topological polar surface area (TPSA) is 77.0 Å². The summed E-state index contributed by atoms with van der Waals surface area (Å²) in [6.07, 6.45) is 3.85. The third-order valence-corrected chi connectivity index (χ3v) is 5.00. The summed E-state index contributed by atoms with van der Waals surface area (Å²) in [5, 5.41) is 12.1. The number of piperidine rings is 1. The minimum Gasteiger partial charge on any atom is -0.342 e. The molecule has 0 spiro atoms. The van der Waals surface area contributed by atoms with E-state index in [1.54, 1.807) is 19.1 Å². The van der Waals surface area contributed by atoms with Gasteiger partial charge in [0.15, 0.2) is 0 Å². The average Bonchev–Trinajstić information content (AvgIpc) is 3.32. The van der Waals surface area contributed by atoms with Gasteiger partial charge in [-0.2, -0.15) is 5.10 Å². The first-order chi connectivity index (χ1) is 13.1. The van der Waals surface area contributed by atoms with E-state index in [4.69, 9.17) is 0 Å². The Labute approximate surface area is 155 Å². The zero-order chi connectivity index (χ0) is 18.8. The molecule has 140 valence electrons. The van der Waals surface area contributed by atoms with Crippen LogP contribution in [0.15, 0.2) is 41.2 Å². The molecule has 0 unspecified atom stereocenters. The van der Waals surface area contributed by atoms with E-state index in [0.717, 1.165) is 24.1 Å². The summed E-state index contributed by atoms with van der Waals surface area (Å²) < 4.78 is 19.7. The zero-order valence-electron chi connectivity index (χ0n) is 15.0. The minimum absolute atomic E-state index is 0.0414. The molecule has 0 bridgehead atoms. The van der Waals surface area contributed by atoms with Crippen molar-refractivity contribution < 1.29 is 13.8 Å². The number of aromatic nitrogens is 4. The van der Waals surface area contributed by atoms with Crippen LogP contribution in [0.3, 0.4) is 0 Å². The highest BCUT2D eigenvalue weighted by Crippen LogP contribution is 2.25. The Morgan fingerprint density at radius 3 is 2.59 bits per heavy atom. The Morgan fingerprint density at radius 2 is 1.93 bits per heavy atom. The molecule has 3 heterocycles. The fourth-order valence-corrected chi connectivity index (χ4v) is 3.36. The van der Waals surface area contributed by atoms with Gasteiger partial charge in [0.1, 0.15) is 17.2 Å². The third-order valence-electron chi connectivity index (χ3n) is 5.00. The molecular weight excluding hydrogens is 349 g/mol. The van der Waals surface area contributed by atoms with Crippen LogP contribution < -0.4 is 0 Å². The summed E-state index contributed by atoms with van der Waals surface area (Å²) in [4.78, 5) is 14.3. The molecule has 0 radical (unpaired) electrons. The lowest BCUT2D eigenvalue weighted by atomic mass is 10.0. The van der Waals surface area contributed by atoms with Crippen LogP contribution in [0.2, 0.25) is 0 Å². The number of carbonyl (C=O) groups is 1. The van der Waals surface area contributed by atoms with Crippen LogP contribution >= 0.6 is 0 Å². The lowest BCUT2D eigenvalue weighted by Crippen LogP contribution is -2.40. The van der Waals surface area contributed by atoms with Crippen molar-refractivity contribution in [3.05, 3.63) is 53.7 Å². The van der Waals surface area contributed by atoms with Gasteiger partial charge in [-0.15, -0.1) is 0 Å². The molecule has 1 aromatic carbocycles. The van der Waals surface area contributed by atoms with Crippen molar-refractivity contribution in [2.24, 2.45) is 0 Å². The van der Waals surface area contributed by atoms with E-state index >= 15 is 0 Å². The number of nitrogens with zero attached hydrogens (tertiary/aromatic N) is 5. The van der Waals surface area contributed by atoms with Crippen LogP contribution in [0.25, 0.3) is 11.3 Å². The number of hydrogen-bond acceptors (Lipinski definition) is 5. The van der Waals surface area contributed by atoms with Gasteiger partial charge in [0.2, 0.25) is 5.91 Å². The lowest BCUT2D eigenvalue weighted by Gasteiger charge is -2.32. The van der Waals surface area contributed by atoms with Crippen molar-refractivity contribution in [1.82, 2.24) is 25.0 Å². The summed E-state index contributed by atoms with van der Waals surface area (Å²) in [6, 6.07) is 8.51. The Hall–Kier alpha value is -3.03. The minimum atomic E-state index is -0.258. The van der Waals surface area contributed by atoms with E-state index in [9.17, 15) is 9.18 Å². The van der Waals surface area contributed by atoms with Crippen LogP contribution in [-0.2, 0) is 11.2 Å². The van der Waals surface area contributed by atoms with Crippen molar-refractivity contribution >= 4 is 5.91 Å². The second-order valence-electron chi connectivity index (χ2n) is 6.77. The Kier molecular flexibility index (Phi) is 4.70. The molecule has 0 aliphatic carbocycles. The van der Waals surface area contributed by atoms with E-state index in [2.05, 4.69) is 20.0 Å². The second-order valence-corrected chi connectivity index (χ2v) is 6.77. The fraction of sp³-hybridized carbons (Fsp3) is 0.368. The largest absolute Gasteiger partial charge is 0.342 e. The number of rotatable bonds is 4. The second kappa shape index (κ2) is 7.30. The highest BCUT2D eigenvalue weighted by molar-refractivity contribution is 5.78. The van der Waals surface area contributed by atoms with Gasteiger partial charge >= 0.3 is 0 Å². The van der Waals surface area contributed by atoms with Crippen LogP contribution in [0.4, 0.5) is 4.39 Å². The van der Waals surface area contributed by atoms with E-state index < -0.39 is 0 Å². The number of amides is 1. The summed E-state index contributed by atoms with van der Waals surface area (Å²) in [5.41, 5.74) is 2.96. The van der Waals surface area contributed by atoms with Gasteiger partial charge in [0.25, 0.3) is 0 Å². The van der Waals surface area contributed by atoms with Crippen molar-refractivity contribution in [1.29, 1.82) is 0 Å². The number of hydrogen-bond donors (Lipinski definition) is 0. The van der Waals surface area contributed by atoms with E-state index in [-0.39, 0.29) is 24.2 Å². The molecule has 7 nitrogen and oxygen atoms in total. The van der Waals surface area contributed by atoms with Gasteiger partial charge < -0.3 is 4.90 Å². The smallest absolute Gasteiger partial charge is 0.228 e. The molecule has 3 aromatic rings. The first-order valence-electron chi connectivity index (χ1n) is 8.97. The van der Waals surface area contributed by atoms with Gasteiger partial charge in [-0.25, -0.2) is 9.02 Å². The maximum absolute atomic E-state index is 13.1. The molecule has 2 aromatic heterocycles. The monoisotopic (exact) mass is 369 g/mol. The fourth-order valence-electron chi connectivity index (χ4n) is 3.36. The molecule has 0 atom stereocenters. The summed E-state index contributed by atoms with van der Waals surface area (Å²) in [5.74, 6) is -0.216. The lowest BCUT2D eigenvalue weighted by molar-refractivity contribution is -0.131. The van der Waals surface area contributed by atoms with Crippen LogP contribution in [0.5, 0.6) is 0 Å². The van der Waals surface area contributed by atoms with Gasteiger partial charge in [-0.05, 0) is 50.1 Å². The van der Waals surface area contributed by atoms with E-state index in [1.165, 1.54) is 12.1 Å². The Bertz CT molecular complexity index is 926. The molecule has 1 amide bonds. The van der Waals surface area contributed by atoms with Crippen molar-refractivity contribution in [3.63, 3.8) is 0 Å². The van der Waals surface area contributed by atoms with Crippen LogP contribution in [0, 0.1) is 12.7 Å². The van der Waals surface area contributed by atoms with Gasteiger partial charge in [-0.1, -0.05) is 10.3 Å². The Balaban J connectivity index is 1.36. The predicted octanol–water partition coefficient (Wildman–Crippen LogP) is 2.79. The number of aryl methyl sites for hydroxylation is 1. The average molecular weight is 369 g/mol. The molecule has 27 heavy (non-hydrogen) atoms. The molecule has 8 heteroatoms. The maximum atomic E-state index is 13.1. The maximum Gasteiger partial charge on any atom is 0.228 e. The zero-order valence-corrected chi connectivity index (χ0v) is 15.0. The number of halogens is 1. The van der Waals surface area contributed by atoms with Crippen molar-refractivity contribution in [2.75, 3.05) is 13.1 Å². The first-order valence-corrected chi connectivity index (χ1v) is 8.97. The molecule has 1 aliphatic heterocycles. The normalized spacial score (nSPS) is 15.3. The van der Waals surface area contributed by atoms with Crippen LogP contribution in [0.1, 0.15) is 30.3 Å². The molecule has 0 saturated carbocycles. The van der Waals surface area contributed by atoms with Gasteiger partial charge in [-0.3, -0.25) is 9.48 Å². The molecule has 1 saturated heterocycles. The summed E-state index contributed by atoms with van der Waals surface area (Å²) in [7, 11) is 0. The SMILES string of the molecule is Cc1nonc1CC(=O)N1CCC(n2ccc(-c3ccc(F)cc3)n2)CC1. The molecule has 4 rings (SSSR count). The molecule has 1 fully saturated rings. The van der Waals surface area contributed by atoms with Crippen LogP contribution in [-0.4, -0.2) is 44.0 Å². The van der Waals surface area contributed by atoms with E-state index in [1.807, 2.05) is 21.8 Å². The summed E-state index contributed by atoms with van der Waals surface area (Å²) >= 11 is 0. The standard InChI is InChI=1S/C19H20FN5O2/c1-13-18(23-27-22-13)12-19(26)24-9-6-16(7-10-24)25-11-8-17(21-25)14-2-4-15(20)5-3-14/h2-5,8,11,16H,6-7,9-10,12H2,1H3. The third kappa shape index (κ3) is 3.74.